The first-order chi connectivity index (χ1) is 6.60. The molecule has 1 amide bonds. The van der Waals surface area contributed by atoms with Crippen LogP contribution in [-0.4, -0.2) is 12.7 Å². The largest absolute Gasteiger partial charge is 0.447 e. The number of benzene rings is 1. The van der Waals surface area contributed by atoms with Crippen LogP contribution >= 0.6 is 0 Å². The summed E-state index contributed by atoms with van der Waals surface area (Å²) in [6.45, 7) is 2.11. The minimum absolute atomic E-state index is 0.275. The molecule has 3 nitrogen and oxygen atoms in total. The molecule has 0 spiro atoms. The van der Waals surface area contributed by atoms with Gasteiger partial charge < -0.3 is 10.1 Å². The number of alkyl carbamates (subject to hydrolysis) is 1. The second-order valence-corrected chi connectivity index (χ2v) is 3.54. The normalized spacial score (nSPS) is 25.7. The van der Waals surface area contributed by atoms with Gasteiger partial charge in [-0.05, 0) is 24.6 Å². The molecule has 0 radical (unpaired) electrons. The van der Waals surface area contributed by atoms with Crippen LogP contribution in [-0.2, 0) is 10.3 Å². The van der Waals surface area contributed by atoms with Gasteiger partial charge in [0, 0.05) is 0 Å². The molecule has 0 bridgehead atoms. The van der Waals surface area contributed by atoms with E-state index in [1.165, 1.54) is 12.1 Å². The van der Waals surface area contributed by atoms with Crippen LogP contribution in [0.15, 0.2) is 24.3 Å². The molecule has 1 N–H and O–H groups in total. The third-order valence-electron chi connectivity index (χ3n) is 2.35. The van der Waals surface area contributed by atoms with Gasteiger partial charge in [0.2, 0.25) is 0 Å². The number of hydrogen-bond acceptors (Lipinski definition) is 2. The van der Waals surface area contributed by atoms with Crippen molar-refractivity contribution < 1.29 is 13.9 Å². The summed E-state index contributed by atoms with van der Waals surface area (Å²) in [7, 11) is 0. The molecule has 0 aromatic heterocycles. The van der Waals surface area contributed by atoms with Crippen molar-refractivity contribution in [3.63, 3.8) is 0 Å². The number of rotatable bonds is 1. The Kier molecular flexibility index (Phi) is 1.91. The molecule has 1 fully saturated rings. The summed E-state index contributed by atoms with van der Waals surface area (Å²) in [6.07, 6.45) is -0.433. The number of ether oxygens (including phenoxy) is 1. The average molecular weight is 195 g/mol. The Morgan fingerprint density at radius 2 is 2.07 bits per heavy atom. The molecule has 1 atom stereocenters. The van der Waals surface area contributed by atoms with Gasteiger partial charge in [0.05, 0.1) is 5.54 Å². The first-order valence-electron chi connectivity index (χ1n) is 4.31. The van der Waals surface area contributed by atoms with Gasteiger partial charge in [0.25, 0.3) is 0 Å². The number of halogens is 1. The van der Waals surface area contributed by atoms with Crippen molar-refractivity contribution in [3.8, 4) is 0 Å². The van der Waals surface area contributed by atoms with Gasteiger partial charge in [-0.15, -0.1) is 0 Å². The van der Waals surface area contributed by atoms with Crippen molar-refractivity contribution in [2.45, 2.75) is 12.5 Å². The third kappa shape index (κ3) is 1.43. The molecule has 74 valence electrons. The Morgan fingerprint density at radius 3 is 2.57 bits per heavy atom. The molecule has 1 unspecified atom stereocenters. The Morgan fingerprint density at radius 1 is 1.43 bits per heavy atom. The monoisotopic (exact) mass is 195 g/mol. The SMILES string of the molecule is CC1(c2ccc(F)cc2)COC(=O)N1. The number of nitrogens with one attached hydrogen (secondary N) is 1. The molecule has 0 saturated carbocycles. The molecule has 1 aromatic carbocycles. The fourth-order valence-corrected chi connectivity index (χ4v) is 1.48. The van der Waals surface area contributed by atoms with Crippen LogP contribution in [0, 0.1) is 5.82 Å². The van der Waals surface area contributed by atoms with Crippen LogP contribution in [0.1, 0.15) is 12.5 Å². The van der Waals surface area contributed by atoms with Gasteiger partial charge in [0.15, 0.2) is 0 Å². The first-order valence-corrected chi connectivity index (χ1v) is 4.31. The molecule has 2 rings (SSSR count). The summed E-state index contributed by atoms with van der Waals surface area (Å²) >= 11 is 0. The molecule has 4 heteroatoms. The van der Waals surface area contributed by atoms with E-state index in [1.54, 1.807) is 12.1 Å². The lowest BCUT2D eigenvalue weighted by molar-refractivity contribution is 0.173. The maximum absolute atomic E-state index is 12.7. The summed E-state index contributed by atoms with van der Waals surface area (Å²) < 4.78 is 17.5. The highest BCUT2D eigenvalue weighted by Gasteiger charge is 2.36. The predicted octanol–water partition coefficient (Wildman–Crippen LogP) is 1.78. The Bertz CT molecular complexity index is 363. The molecule has 14 heavy (non-hydrogen) atoms. The van der Waals surface area contributed by atoms with Gasteiger partial charge in [-0.3, -0.25) is 0 Å². The smallest absolute Gasteiger partial charge is 0.408 e. The first kappa shape index (κ1) is 8.99. The minimum atomic E-state index is -0.537. The van der Waals surface area contributed by atoms with E-state index in [1.807, 2.05) is 6.92 Å². The van der Waals surface area contributed by atoms with Crippen LogP contribution in [0.5, 0.6) is 0 Å². The van der Waals surface area contributed by atoms with E-state index in [0.717, 1.165) is 5.56 Å². The second-order valence-electron chi connectivity index (χ2n) is 3.54. The van der Waals surface area contributed by atoms with E-state index in [0.29, 0.717) is 0 Å². The van der Waals surface area contributed by atoms with Gasteiger partial charge in [-0.2, -0.15) is 0 Å². The van der Waals surface area contributed by atoms with Gasteiger partial charge in [-0.1, -0.05) is 12.1 Å². The lowest BCUT2D eigenvalue weighted by atomic mass is 9.94. The fourth-order valence-electron chi connectivity index (χ4n) is 1.48. The van der Waals surface area contributed by atoms with Crippen molar-refractivity contribution in [3.05, 3.63) is 35.6 Å². The van der Waals surface area contributed by atoms with Gasteiger partial charge >= 0.3 is 6.09 Å². The molecule has 1 aromatic rings. The average Bonchev–Trinajstić information content (AvgIpc) is 2.48. The topological polar surface area (TPSA) is 38.3 Å². The summed E-state index contributed by atoms with van der Waals surface area (Å²) in [5, 5.41) is 2.68. The van der Waals surface area contributed by atoms with Crippen molar-refractivity contribution >= 4 is 6.09 Å². The lowest BCUT2D eigenvalue weighted by Crippen LogP contribution is -2.37. The summed E-state index contributed by atoms with van der Waals surface area (Å²) in [4.78, 5) is 10.9. The number of amides is 1. The molecular formula is C10H10FNO2. The van der Waals surface area contributed by atoms with E-state index < -0.39 is 11.6 Å². The Hall–Kier alpha value is -1.58. The van der Waals surface area contributed by atoms with E-state index in [4.69, 9.17) is 4.74 Å². The van der Waals surface area contributed by atoms with Crippen LogP contribution in [0.2, 0.25) is 0 Å². The minimum Gasteiger partial charge on any atom is -0.447 e. The van der Waals surface area contributed by atoms with Crippen LogP contribution in [0.25, 0.3) is 0 Å². The highest BCUT2D eigenvalue weighted by atomic mass is 19.1. The summed E-state index contributed by atoms with van der Waals surface area (Å²) in [5.74, 6) is -0.289. The molecule has 1 saturated heterocycles. The summed E-state index contributed by atoms with van der Waals surface area (Å²) in [5.41, 5.74) is 0.301. The maximum atomic E-state index is 12.7. The number of carbonyl (C=O) groups excluding carboxylic acids is 1. The Labute approximate surface area is 80.9 Å². The number of cyclic esters (lactones) is 1. The van der Waals surface area contributed by atoms with Crippen LogP contribution in [0.4, 0.5) is 9.18 Å². The predicted molar refractivity (Wildman–Crippen MR) is 48.2 cm³/mol. The highest BCUT2D eigenvalue weighted by Crippen LogP contribution is 2.25. The highest BCUT2D eigenvalue weighted by molar-refractivity contribution is 5.71. The van der Waals surface area contributed by atoms with Crippen molar-refractivity contribution in [2.75, 3.05) is 6.61 Å². The molecule has 0 aliphatic carbocycles. The van der Waals surface area contributed by atoms with E-state index >= 15 is 0 Å². The fraction of sp³-hybridized carbons (Fsp3) is 0.300. The zero-order valence-corrected chi connectivity index (χ0v) is 7.71. The van der Waals surface area contributed by atoms with E-state index in [2.05, 4.69) is 5.32 Å². The van der Waals surface area contributed by atoms with Crippen molar-refractivity contribution in [2.24, 2.45) is 0 Å². The van der Waals surface area contributed by atoms with Crippen LogP contribution < -0.4 is 5.32 Å². The summed E-state index contributed by atoms with van der Waals surface area (Å²) in [6, 6.07) is 6.02. The molecule has 1 heterocycles. The molecule has 1 aliphatic rings. The standard InChI is InChI=1S/C10H10FNO2/c1-10(6-14-9(13)12-10)7-2-4-8(11)5-3-7/h2-5H,6H2,1H3,(H,12,13). The zero-order chi connectivity index (χ0) is 10.2. The number of carbonyl (C=O) groups is 1. The Balaban J connectivity index is 2.30. The number of hydrogen-bond donors (Lipinski definition) is 1. The van der Waals surface area contributed by atoms with Gasteiger partial charge in [-0.25, -0.2) is 9.18 Å². The zero-order valence-electron chi connectivity index (χ0n) is 7.71. The molecular weight excluding hydrogens is 185 g/mol. The van der Waals surface area contributed by atoms with E-state index in [-0.39, 0.29) is 12.4 Å². The van der Waals surface area contributed by atoms with Crippen molar-refractivity contribution in [1.29, 1.82) is 0 Å². The lowest BCUT2D eigenvalue weighted by Gasteiger charge is -2.21. The second kappa shape index (κ2) is 2.97. The van der Waals surface area contributed by atoms with Crippen molar-refractivity contribution in [1.82, 2.24) is 5.32 Å². The third-order valence-corrected chi connectivity index (χ3v) is 2.35. The maximum Gasteiger partial charge on any atom is 0.408 e. The van der Waals surface area contributed by atoms with Crippen LogP contribution in [0.3, 0.4) is 0 Å². The van der Waals surface area contributed by atoms with E-state index in [9.17, 15) is 9.18 Å². The molecule has 1 aliphatic heterocycles. The quantitative estimate of drug-likeness (QED) is 0.741. The van der Waals surface area contributed by atoms with Gasteiger partial charge in [0.1, 0.15) is 12.4 Å².